The molecule has 0 spiro atoms. The molecule has 0 heterocycles. The van der Waals surface area contributed by atoms with E-state index < -0.39 is 6.04 Å². The van der Waals surface area contributed by atoms with E-state index in [-0.39, 0.29) is 11.9 Å². The van der Waals surface area contributed by atoms with Gasteiger partial charge in [0, 0.05) is 27.2 Å². The summed E-state index contributed by atoms with van der Waals surface area (Å²) in [6, 6.07) is -0.695. The van der Waals surface area contributed by atoms with Gasteiger partial charge in [-0.05, 0) is 6.92 Å². The highest BCUT2D eigenvalue weighted by atomic mass is 16.2. The molecular formula is C8H18N4O2. The first-order valence-electron chi connectivity index (χ1n) is 4.43. The number of nitrogens with two attached hydrogens (primary N) is 1. The third-order valence-corrected chi connectivity index (χ3v) is 1.52. The van der Waals surface area contributed by atoms with Gasteiger partial charge in [-0.2, -0.15) is 0 Å². The zero-order valence-corrected chi connectivity index (χ0v) is 8.83. The van der Waals surface area contributed by atoms with Crippen molar-refractivity contribution in [3.8, 4) is 0 Å². The number of rotatable bonds is 4. The van der Waals surface area contributed by atoms with Gasteiger partial charge in [-0.15, -0.1) is 0 Å². The van der Waals surface area contributed by atoms with Crippen LogP contribution < -0.4 is 16.4 Å². The molecule has 0 saturated heterocycles. The molecule has 6 heteroatoms. The van der Waals surface area contributed by atoms with Crippen LogP contribution in [0.4, 0.5) is 4.79 Å². The first-order valence-corrected chi connectivity index (χ1v) is 4.43. The van der Waals surface area contributed by atoms with Crippen LogP contribution in [0.1, 0.15) is 6.92 Å². The molecule has 0 aromatic rings. The van der Waals surface area contributed by atoms with Gasteiger partial charge < -0.3 is 21.3 Å². The van der Waals surface area contributed by atoms with Gasteiger partial charge in [0.15, 0.2) is 0 Å². The van der Waals surface area contributed by atoms with Gasteiger partial charge in [-0.25, -0.2) is 4.79 Å². The van der Waals surface area contributed by atoms with Gasteiger partial charge in [0.05, 0.1) is 6.04 Å². The summed E-state index contributed by atoms with van der Waals surface area (Å²) in [5, 5.41) is 5.19. The fraction of sp³-hybridized carbons (Fsp3) is 0.750. The summed E-state index contributed by atoms with van der Waals surface area (Å²) in [5.74, 6) is -0.218. The monoisotopic (exact) mass is 202 g/mol. The normalized spacial score (nSPS) is 11.7. The summed E-state index contributed by atoms with van der Waals surface area (Å²) in [6.45, 7) is 2.39. The van der Waals surface area contributed by atoms with Gasteiger partial charge in [-0.3, -0.25) is 4.79 Å². The van der Waals surface area contributed by atoms with E-state index in [1.54, 1.807) is 21.0 Å². The Bertz CT molecular complexity index is 182. The maximum atomic E-state index is 11.0. The molecule has 1 atom stereocenters. The van der Waals surface area contributed by atoms with Gasteiger partial charge in [0.1, 0.15) is 0 Å². The molecule has 0 fully saturated rings. The van der Waals surface area contributed by atoms with Crippen molar-refractivity contribution in [2.75, 3.05) is 27.2 Å². The summed E-state index contributed by atoms with van der Waals surface area (Å²) in [6.07, 6.45) is 0. The predicted molar refractivity (Wildman–Crippen MR) is 53.7 cm³/mol. The molecule has 0 aliphatic rings. The second-order valence-corrected chi connectivity index (χ2v) is 3.21. The van der Waals surface area contributed by atoms with Crippen LogP contribution in [0.25, 0.3) is 0 Å². The Hall–Kier alpha value is -1.30. The third-order valence-electron chi connectivity index (χ3n) is 1.52. The highest BCUT2D eigenvalue weighted by Crippen LogP contribution is 1.76. The molecule has 0 rings (SSSR count). The molecule has 3 amide bonds. The quantitative estimate of drug-likeness (QED) is 0.496. The Labute approximate surface area is 83.8 Å². The molecule has 0 aliphatic carbocycles. The minimum Gasteiger partial charge on any atom is -0.353 e. The predicted octanol–water partition coefficient (Wildman–Crippen LogP) is -1.28. The number of carbonyl (C=O) groups excluding carboxylic acids is 2. The van der Waals surface area contributed by atoms with Crippen LogP contribution in [0.15, 0.2) is 0 Å². The molecule has 82 valence electrons. The maximum absolute atomic E-state index is 11.0. The van der Waals surface area contributed by atoms with Crippen LogP contribution in [-0.4, -0.2) is 50.1 Å². The summed E-state index contributed by atoms with van der Waals surface area (Å²) in [5.41, 5.74) is 5.32. The Morgan fingerprint density at radius 3 is 2.21 bits per heavy atom. The zero-order valence-electron chi connectivity index (χ0n) is 8.83. The van der Waals surface area contributed by atoms with Crippen LogP contribution in [0.3, 0.4) is 0 Å². The SMILES string of the molecule is CC(N)C(=O)NCCNC(=O)N(C)C. The lowest BCUT2D eigenvalue weighted by atomic mass is 10.3. The Balaban J connectivity index is 3.48. The van der Waals surface area contributed by atoms with E-state index in [0.29, 0.717) is 13.1 Å². The van der Waals surface area contributed by atoms with Crippen molar-refractivity contribution >= 4 is 11.9 Å². The molecule has 0 aromatic carbocycles. The van der Waals surface area contributed by atoms with Crippen molar-refractivity contribution in [3.05, 3.63) is 0 Å². The molecule has 0 saturated carbocycles. The smallest absolute Gasteiger partial charge is 0.316 e. The lowest BCUT2D eigenvalue weighted by Crippen LogP contribution is -2.43. The number of amides is 3. The molecule has 0 aromatic heterocycles. The molecule has 14 heavy (non-hydrogen) atoms. The topological polar surface area (TPSA) is 87.5 Å². The van der Waals surface area contributed by atoms with Crippen LogP contribution >= 0.6 is 0 Å². The third kappa shape index (κ3) is 5.36. The maximum Gasteiger partial charge on any atom is 0.316 e. The van der Waals surface area contributed by atoms with E-state index in [2.05, 4.69) is 10.6 Å². The van der Waals surface area contributed by atoms with Gasteiger partial charge in [0.2, 0.25) is 5.91 Å². The minimum atomic E-state index is -0.514. The highest BCUT2D eigenvalue weighted by Gasteiger charge is 2.06. The molecule has 0 aliphatic heterocycles. The van der Waals surface area contributed by atoms with Crippen molar-refractivity contribution in [2.24, 2.45) is 5.73 Å². The van der Waals surface area contributed by atoms with Gasteiger partial charge in [0.25, 0.3) is 0 Å². The largest absolute Gasteiger partial charge is 0.353 e. The molecular weight excluding hydrogens is 184 g/mol. The number of urea groups is 1. The van der Waals surface area contributed by atoms with Crippen molar-refractivity contribution < 1.29 is 9.59 Å². The Morgan fingerprint density at radius 1 is 1.29 bits per heavy atom. The standard InChI is InChI=1S/C8H18N4O2/c1-6(9)7(13)10-4-5-11-8(14)12(2)3/h6H,4-5,9H2,1-3H3,(H,10,13)(H,11,14). The van der Waals surface area contributed by atoms with E-state index in [4.69, 9.17) is 5.73 Å². The Kier molecular flexibility index (Phi) is 5.62. The van der Waals surface area contributed by atoms with Crippen LogP contribution in [0, 0.1) is 0 Å². The number of nitrogens with one attached hydrogen (secondary N) is 2. The zero-order chi connectivity index (χ0) is 11.1. The molecule has 0 bridgehead atoms. The van der Waals surface area contributed by atoms with Crippen LogP contribution in [-0.2, 0) is 4.79 Å². The summed E-state index contributed by atoms with van der Waals surface area (Å²) in [4.78, 5) is 23.4. The fourth-order valence-electron chi connectivity index (χ4n) is 0.674. The number of hydrogen-bond donors (Lipinski definition) is 3. The minimum absolute atomic E-state index is 0.181. The average molecular weight is 202 g/mol. The molecule has 6 nitrogen and oxygen atoms in total. The van der Waals surface area contributed by atoms with E-state index in [1.807, 2.05) is 0 Å². The number of hydrogen-bond acceptors (Lipinski definition) is 3. The average Bonchev–Trinajstić information content (AvgIpc) is 2.11. The highest BCUT2D eigenvalue weighted by molar-refractivity contribution is 5.81. The lowest BCUT2D eigenvalue weighted by molar-refractivity contribution is -0.121. The van der Waals surface area contributed by atoms with E-state index in [9.17, 15) is 9.59 Å². The van der Waals surface area contributed by atoms with E-state index in [1.165, 1.54) is 4.90 Å². The van der Waals surface area contributed by atoms with Crippen LogP contribution in [0.5, 0.6) is 0 Å². The van der Waals surface area contributed by atoms with Crippen molar-refractivity contribution in [1.29, 1.82) is 0 Å². The van der Waals surface area contributed by atoms with Crippen molar-refractivity contribution in [3.63, 3.8) is 0 Å². The fourth-order valence-corrected chi connectivity index (χ4v) is 0.674. The first kappa shape index (κ1) is 12.7. The summed E-state index contributed by atoms with van der Waals surface area (Å²) in [7, 11) is 3.30. The lowest BCUT2D eigenvalue weighted by Gasteiger charge is -2.12. The van der Waals surface area contributed by atoms with E-state index in [0.717, 1.165) is 0 Å². The summed E-state index contributed by atoms with van der Waals surface area (Å²) >= 11 is 0. The summed E-state index contributed by atoms with van der Waals surface area (Å²) < 4.78 is 0. The van der Waals surface area contributed by atoms with Crippen molar-refractivity contribution in [2.45, 2.75) is 13.0 Å². The van der Waals surface area contributed by atoms with E-state index >= 15 is 0 Å². The van der Waals surface area contributed by atoms with Gasteiger partial charge in [-0.1, -0.05) is 0 Å². The van der Waals surface area contributed by atoms with Crippen molar-refractivity contribution in [1.82, 2.24) is 15.5 Å². The van der Waals surface area contributed by atoms with Gasteiger partial charge >= 0.3 is 6.03 Å². The number of nitrogens with zero attached hydrogens (tertiary/aromatic N) is 1. The molecule has 1 unspecified atom stereocenters. The number of carbonyl (C=O) groups is 2. The van der Waals surface area contributed by atoms with Crippen LogP contribution in [0.2, 0.25) is 0 Å². The first-order chi connectivity index (χ1) is 6.45. The second kappa shape index (κ2) is 6.20. The Morgan fingerprint density at radius 2 is 1.79 bits per heavy atom. The molecule has 4 N–H and O–H groups in total. The second-order valence-electron chi connectivity index (χ2n) is 3.21. The molecule has 0 radical (unpaired) electrons.